The lowest BCUT2D eigenvalue weighted by molar-refractivity contribution is -0.384. The minimum Gasteiger partial charge on any atom is -0.497 e. The van der Waals surface area contributed by atoms with Gasteiger partial charge in [0.25, 0.3) is 11.6 Å². The third-order valence-corrected chi connectivity index (χ3v) is 5.73. The quantitative estimate of drug-likeness (QED) is 0.277. The number of ether oxygens (including phenoxy) is 1. The van der Waals surface area contributed by atoms with E-state index in [4.69, 9.17) is 40.2 Å². The molecule has 0 aliphatic carbocycles. The van der Waals surface area contributed by atoms with Crippen LogP contribution in [0.5, 0.6) is 5.75 Å². The number of hydrogen-bond donors (Lipinski definition) is 0. The molecule has 1 amide bonds. The minimum atomic E-state index is -0.613. The number of nitro groups is 1. The molecule has 1 heterocycles. The van der Waals surface area contributed by atoms with Crippen molar-refractivity contribution in [3.63, 3.8) is 0 Å². The monoisotopic (exact) mass is 440 g/mol. The second kappa shape index (κ2) is 7.85. The highest BCUT2D eigenvalue weighted by molar-refractivity contribution is 8.27. The second-order valence-corrected chi connectivity index (χ2v) is 7.73. The highest BCUT2D eigenvalue weighted by Gasteiger charge is 2.34. The van der Waals surface area contributed by atoms with Gasteiger partial charge in [-0.1, -0.05) is 47.2 Å². The topological polar surface area (TPSA) is 72.7 Å². The molecule has 2 aromatic carbocycles. The Hall–Kier alpha value is -2.13. The van der Waals surface area contributed by atoms with Crippen molar-refractivity contribution in [2.24, 2.45) is 0 Å². The van der Waals surface area contributed by atoms with Crippen LogP contribution in [0.3, 0.4) is 0 Å². The maximum absolute atomic E-state index is 12.8. The summed E-state index contributed by atoms with van der Waals surface area (Å²) < 4.78 is 5.43. The van der Waals surface area contributed by atoms with Crippen LogP contribution in [0, 0.1) is 10.1 Å². The first kappa shape index (κ1) is 19.6. The van der Waals surface area contributed by atoms with E-state index in [1.54, 1.807) is 31.4 Å². The predicted molar refractivity (Wildman–Crippen MR) is 112 cm³/mol. The number of benzene rings is 2. The molecule has 3 rings (SSSR count). The van der Waals surface area contributed by atoms with Crippen LogP contribution in [0.15, 0.2) is 41.3 Å². The molecule has 0 radical (unpaired) electrons. The highest BCUT2D eigenvalue weighted by atomic mass is 35.5. The third-order valence-electron chi connectivity index (χ3n) is 3.70. The van der Waals surface area contributed by atoms with Crippen LogP contribution in [-0.4, -0.2) is 22.3 Å². The van der Waals surface area contributed by atoms with Gasteiger partial charge in [0.05, 0.1) is 22.6 Å². The molecule has 0 atom stereocenters. The molecule has 0 bridgehead atoms. The molecular weight excluding hydrogens is 431 g/mol. The Morgan fingerprint density at radius 1 is 1.22 bits per heavy atom. The number of anilines is 1. The molecule has 0 saturated carbocycles. The first-order valence-electron chi connectivity index (χ1n) is 7.38. The fourth-order valence-corrected chi connectivity index (χ4v) is 4.21. The molecule has 2 aromatic rings. The van der Waals surface area contributed by atoms with Crippen molar-refractivity contribution in [2.45, 2.75) is 0 Å². The summed E-state index contributed by atoms with van der Waals surface area (Å²) in [5.41, 5.74) is 0.485. The number of methoxy groups -OCH3 is 1. The number of hydrogen-bond acceptors (Lipinski definition) is 6. The van der Waals surface area contributed by atoms with Crippen LogP contribution in [0.25, 0.3) is 6.08 Å². The van der Waals surface area contributed by atoms with E-state index in [-0.39, 0.29) is 32.1 Å². The largest absolute Gasteiger partial charge is 0.497 e. The Labute approximate surface area is 173 Å². The van der Waals surface area contributed by atoms with Crippen LogP contribution in [-0.2, 0) is 4.79 Å². The SMILES string of the molecule is COc1ccc(N2C(=O)/C(=C\c3c(Cl)ccc([N+](=O)[O-])c3Cl)SC2=S)cc1. The van der Waals surface area contributed by atoms with Gasteiger partial charge in [-0.25, -0.2) is 0 Å². The van der Waals surface area contributed by atoms with Crippen LogP contribution < -0.4 is 9.64 Å². The first-order valence-corrected chi connectivity index (χ1v) is 9.36. The molecule has 1 aliphatic rings. The molecule has 10 heteroatoms. The minimum absolute atomic E-state index is 0.137. The van der Waals surface area contributed by atoms with E-state index in [1.165, 1.54) is 23.1 Å². The average Bonchev–Trinajstić information content (AvgIpc) is 2.91. The molecule has 0 aromatic heterocycles. The number of nitrogens with zero attached hydrogens (tertiary/aromatic N) is 2. The normalized spacial score (nSPS) is 15.5. The zero-order valence-corrected chi connectivity index (χ0v) is 16.8. The summed E-state index contributed by atoms with van der Waals surface area (Å²) in [6, 6.07) is 9.42. The number of amides is 1. The van der Waals surface area contributed by atoms with Crippen LogP contribution in [0.1, 0.15) is 5.56 Å². The smallest absolute Gasteiger partial charge is 0.288 e. The van der Waals surface area contributed by atoms with Gasteiger partial charge in [-0.3, -0.25) is 19.8 Å². The Kier molecular flexibility index (Phi) is 5.71. The van der Waals surface area contributed by atoms with Crippen molar-refractivity contribution in [1.82, 2.24) is 0 Å². The van der Waals surface area contributed by atoms with Crippen molar-refractivity contribution < 1.29 is 14.5 Å². The standard InChI is InChI=1S/C17H10Cl2N2O4S2/c1-25-10-4-2-9(3-5-10)20-16(22)14(27-17(20)26)8-11-12(18)6-7-13(15(11)19)21(23)24/h2-8H,1H3/b14-8+. The summed E-state index contributed by atoms with van der Waals surface area (Å²) in [7, 11) is 1.55. The number of rotatable bonds is 4. The predicted octanol–water partition coefficient (Wildman–Crippen LogP) is 5.32. The molecule has 1 saturated heterocycles. The first-order chi connectivity index (χ1) is 12.8. The molecule has 1 aliphatic heterocycles. The Morgan fingerprint density at radius 3 is 2.48 bits per heavy atom. The lowest BCUT2D eigenvalue weighted by atomic mass is 10.1. The van der Waals surface area contributed by atoms with Crippen LogP contribution in [0.2, 0.25) is 10.0 Å². The maximum Gasteiger partial charge on any atom is 0.288 e. The van der Waals surface area contributed by atoms with Gasteiger partial charge in [0.15, 0.2) is 4.32 Å². The van der Waals surface area contributed by atoms with E-state index in [0.717, 1.165) is 11.8 Å². The lowest BCUT2D eigenvalue weighted by Gasteiger charge is -2.14. The summed E-state index contributed by atoms with van der Waals surface area (Å²) in [4.78, 5) is 24.9. The van der Waals surface area contributed by atoms with Crippen molar-refractivity contribution in [2.75, 3.05) is 12.0 Å². The summed E-state index contributed by atoms with van der Waals surface area (Å²) in [6.45, 7) is 0. The van der Waals surface area contributed by atoms with Gasteiger partial charge < -0.3 is 4.74 Å². The maximum atomic E-state index is 12.8. The van der Waals surface area contributed by atoms with Gasteiger partial charge in [0.1, 0.15) is 10.8 Å². The third kappa shape index (κ3) is 3.79. The molecule has 0 spiro atoms. The van der Waals surface area contributed by atoms with E-state index < -0.39 is 4.92 Å². The zero-order valence-electron chi connectivity index (χ0n) is 13.6. The highest BCUT2D eigenvalue weighted by Crippen LogP contribution is 2.40. The Bertz CT molecular complexity index is 993. The molecule has 0 unspecified atom stereocenters. The van der Waals surface area contributed by atoms with Crippen molar-refractivity contribution >= 4 is 74.9 Å². The molecule has 0 N–H and O–H groups in total. The molecular formula is C17H10Cl2N2O4S2. The number of nitro benzene ring substituents is 1. The van der Waals surface area contributed by atoms with Gasteiger partial charge in [-0.15, -0.1) is 0 Å². The number of halogens is 2. The summed E-state index contributed by atoms with van der Waals surface area (Å²) in [5.74, 6) is 0.281. The van der Waals surface area contributed by atoms with E-state index in [9.17, 15) is 14.9 Å². The average molecular weight is 441 g/mol. The van der Waals surface area contributed by atoms with Gasteiger partial charge in [-0.05, 0) is 36.4 Å². The van der Waals surface area contributed by atoms with E-state index >= 15 is 0 Å². The number of carbonyl (C=O) groups is 1. The fraction of sp³-hybridized carbons (Fsp3) is 0.0588. The summed E-state index contributed by atoms with van der Waals surface area (Å²) in [5, 5.41) is 11.1. The van der Waals surface area contributed by atoms with Crippen LogP contribution >= 0.6 is 47.2 Å². The lowest BCUT2D eigenvalue weighted by Crippen LogP contribution is -2.27. The number of thioether (sulfide) groups is 1. The van der Waals surface area contributed by atoms with Crippen molar-refractivity contribution in [3.8, 4) is 5.75 Å². The van der Waals surface area contributed by atoms with E-state index in [1.807, 2.05) is 0 Å². The molecule has 6 nitrogen and oxygen atoms in total. The van der Waals surface area contributed by atoms with E-state index in [2.05, 4.69) is 0 Å². The van der Waals surface area contributed by atoms with Crippen LogP contribution in [0.4, 0.5) is 11.4 Å². The molecule has 1 fully saturated rings. The summed E-state index contributed by atoms with van der Waals surface area (Å²) >= 11 is 18.6. The second-order valence-electron chi connectivity index (χ2n) is 5.27. The van der Waals surface area contributed by atoms with E-state index in [0.29, 0.717) is 15.8 Å². The summed E-state index contributed by atoms with van der Waals surface area (Å²) in [6.07, 6.45) is 1.42. The van der Waals surface area contributed by atoms with Crippen molar-refractivity contribution in [3.05, 3.63) is 67.0 Å². The number of thiocarbonyl (C=S) groups is 1. The van der Waals surface area contributed by atoms with Gasteiger partial charge in [0, 0.05) is 16.7 Å². The zero-order chi connectivity index (χ0) is 19.7. The fourth-order valence-electron chi connectivity index (χ4n) is 2.38. The number of carbonyl (C=O) groups excluding carboxylic acids is 1. The Balaban J connectivity index is 2.00. The van der Waals surface area contributed by atoms with Gasteiger partial charge in [0.2, 0.25) is 0 Å². The van der Waals surface area contributed by atoms with Gasteiger partial charge in [-0.2, -0.15) is 0 Å². The Morgan fingerprint density at radius 2 is 1.89 bits per heavy atom. The van der Waals surface area contributed by atoms with Crippen molar-refractivity contribution in [1.29, 1.82) is 0 Å². The van der Waals surface area contributed by atoms with Gasteiger partial charge >= 0.3 is 0 Å². The molecule has 138 valence electrons. The molecule has 27 heavy (non-hydrogen) atoms.